The van der Waals surface area contributed by atoms with Crippen molar-refractivity contribution in [2.24, 2.45) is 0 Å². The van der Waals surface area contributed by atoms with Crippen LogP contribution < -0.4 is 0 Å². The predicted octanol–water partition coefficient (Wildman–Crippen LogP) is 2.18. The van der Waals surface area contributed by atoms with E-state index >= 15 is 0 Å². The highest BCUT2D eigenvalue weighted by Gasteiger charge is 2.19. The van der Waals surface area contributed by atoms with Gasteiger partial charge in [-0.1, -0.05) is 6.07 Å². The Balaban J connectivity index is 2.62. The number of benzene rings is 1. The summed E-state index contributed by atoms with van der Waals surface area (Å²) >= 11 is 0. The molecule has 0 radical (unpaired) electrons. The largest absolute Gasteiger partial charge is 0.478 e. The van der Waals surface area contributed by atoms with E-state index in [1.54, 1.807) is 6.07 Å². The number of carboxylic acids is 1. The van der Waals surface area contributed by atoms with Gasteiger partial charge in [0.1, 0.15) is 0 Å². The minimum absolute atomic E-state index is 0.498. The van der Waals surface area contributed by atoms with Crippen LogP contribution in [0.3, 0.4) is 0 Å². The zero-order valence-corrected chi connectivity index (χ0v) is 7.63. The van der Waals surface area contributed by atoms with Crippen molar-refractivity contribution in [3.8, 4) is 0 Å². The molecule has 0 atom stereocenters. The molecule has 0 heterocycles. The lowest BCUT2D eigenvalue weighted by Gasteiger charge is -2.06. The lowest BCUT2D eigenvalue weighted by molar-refractivity contribution is 0.0696. The maximum Gasteiger partial charge on any atom is 0.335 e. The number of hydrogen-bond acceptors (Lipinski definition) is 1. The number of carboxylic acid groups (broad SMARTS) is 1. The Kier molecular flexibility index (Phi) is 1.83. The first kappa shape index (κ1) is 8.30. The number of aromatic carboxylic acids is 1. The summed E-state index contributed by atoms with van der Waals surface area (Å²) in [6, 6.07) is 3.63. The van der Waals surface area contributed by atoms with Gasteiger partial charge >= 0.3 is 5.97 Å². The smallest absolute Gasteiger partial charge is 0.335 e. The van der Waals surface area contributed by atoms with E-state index in [1.807, 2.05) is 6.07 Å². The minimum Gasteiger partial charge on any atom is -0.478 e. The summed E-state index contributed by atoms with van der Waals surface area (Å²) in [4.78, 5) is 10.9. The number of hydrogen-bond donors (Lipinski definition) is 1. The topological polar surface area (TPSA) is 37.3 Å². The molecule has 1 aromatic carbocycles. The Hall–Kier alpha value is -1.31. The van der Waals surface area contributed by atoms with Gasteiger partial charge in [-0.15, -0.1) is 0 Å². The molecule has 1 N–H and O–H groups in total. The van der Waals surface area contributed by atoms with Gasteiger partial charge in [0.15, 0.2) is 0 Å². The van der Waals surface area contributed by atoms with Crippen molar-refractivity contribution in [3.05, 3.63) is 34.4 Å². The van der Waals surface area contributed by atoms with E-state index < -0.39 is 5.97 Å². The Morgan fingerprint density at radius 2 is 2.00 bits per heavy atom. The zero-order valence-electron chi connectivity index (χ0n) is 7.63. The Labute approximate surface area is 77.2 Å². The highest BCUT2D eigenvalue weighted by molar-refractivity contribution is 5.90. The first-order valence-electron chi connectivity index (χ1n) is 4.55. The molecule has 68 valence electrons. The average Bonchev–Trinajstić information content (AvgIpc) is 2.53. The lowest BCUT2D eigenvalue weighted by Crippen LogP contribution is -2.02. The van der Waals surface area contributed by atoms with Gasteiger partial charge in [0.2, 0.25) is 0 Å². The molecule has 13 heavy (non-hydrogen) atoms. The molecule has 0 spiro atoms. The fourth-order valence-electron chi connectivity index (χ4n) is 2.09. The Morgan fingerprint density at radius 1 is 1.31 bits per heavy atom. The van der Waals surface area contributed by atoms with Crippen LogP contribution in [0.1, 0.15) is 33.5 Å². The molecule has 1 aliphatic carbocycles. The van der Waals surface area contributed by atoms with Gasteiger partial charge in [-0.25, -0.2) is 4.79 Å². The SMILES string of the molecule is Cc1ccc(C(=O)O)c2c1CCC2. The van der Waals surface area contributed by atoms with Crippen LogP contribution in [0.5, 0.6) is 0 Å². The summed E-state index contributed by atoms with van der Waals surface area (Å²) in [6.45, 7) is 2.05. The van der Waals surface area contributed by atoms with E-state index in [0.717, 1.165) is 24.8 Å². The van der Waals surface area contributed by atoms with Crippen LogP contribution in [0.4, 0.5) is 0 Å². The van der Waals surface area contributed by atoms with Crippen molar-refractivity contribution in [3.63, 3.8) is 0 Å². The van der Waals surface area contributed by atoms with Crippen molar-refractivity contribution in [2.45, 2.75) is 26.2 Å². The van der Waals surface area contributed by atoms with Crippen molar-refractivity contribution in [1.82, 2.24) is 0 Å². The first-order chi connectivity index (χ1) is 6.20. The second-order valence-electron chi connectivity index (χ2n) is 3.55. The highest BCUT2D eigenvalue weighted by Crippen LogP contribution is 2.28. The Morgan fingerprint density at radius 3 is 2.69 bits per heavy atom. The summed E-state index contributed by atoms with van der Waals surface area (Å²) < 4.78 is 0. The molecule has 0 aromatic heterocycles. The number of rotatable bonds is 1. The minimum atomic E-state index is -0.793. The van der Waals surface area contributed by atoms with Crippen molar-refractivity contribution < 1.29 is 9.90 Å². The monoisotopic (exact) mass is 176 g/mol. The molecule has 2 heteroatoms. The van der Waals surface area contributed by atoms with Crippen LogP contribution in [-0.4, -0.2) is 11.1 Å². The molecule has 2 nitrogen and oxygen atoms in total. The third-order valence-corrected chi connectivity index (χ3v) is 2.75. The quantitative estimate of drug-likeness (QED) is 0.712. The molecule has 1 aliphatic rings. The van der Waals surface area contributed by atoms with Crippen LogP contribution in [0.2, 0.25) is 0 Å². The second-order valence-corrected chi connectivity index (χ2v) is 3.55. The van der Waals surface area contributed by atoms with Crippen molar-refractivity contribution in [2.75, 3.05) is 0 Å². The molecule has 0 aliphatic heterocycles. The Bertz CT molecular complexity index is 367. The van der Waals surface area contributed by atoms with E-state index in [9.17, 15) is 4.79 Å². The third kappa shape index (κ3) is 1.22. The van der Waals surface area contributed by atoms with Crippen LogP contribution in [-0.2, 0) is 12.8 Å². The van der Waals surface area contributed by atoms with Crippen LogP contribution in [0.25, 0.3) is 0 Å². The first-order valence-corrected chi connectivity index (χ1v) is 4.55. The number of aryl methyl sites for hydroxylation is 1. The molecule has 0 saturated heterocycles. The van der Waals surface area contributed by atoms with E-state index in [0.29, 0.717) is 5.56 Å². The summed E-state index contributed by atoms with van der Waals surface area (Å²) in [5.74, 6) is -0.793. The molecule has 0 bridgehead atoms. The molecule has 2 rings (SSSR count). The van der Waals surface area contributed by atoms with Gasteiger partial charge in [-0.2, -0.15) is 0 Å². The fourth-order valence-corrected chi connectivity index (χ4v) is 2.09. The molecular weight excluding hydrogens is 164 g/mol. The van der Waals surface area contributed by atoms with Crippen LogP contribution in [0.15, 0.2) is 12.1 Å². The number of carbonyl (C=O) groups is 1. The normalized spacial score (nSPS) is 14.2. The molecule has 0 fully saturated rings. The predicted molar refractivity (Wildman–Crippen MR) is 50.2 cm³/mol. The van der Waals surface area contributed by atoms with Crippen LogP contribution >= 0.6 is 0 Å². The maximum atomic E-state index is 10.9. The summed E-state index contributed by atoms with van der Waals surface area (Å²) in [5.41, 5.74) is 4.06. The molecule has 0 saturated carbocycles. The maximum absolute atomic E-state index is 10.9. The van der Waals surface area contributed by atoms with E-state index in [-0.39, 0.29) is 0 Å². The van der Waals surface area contributed by atoms with Crippen molar-refractivity contribution in [1.29, 1.82) is 0 Å². The lowest BCUT2D eigenvalue weighted by atomic mass is 9.99. The van der Waals surface area contributed by atoms with Gasteiger partial charge in [0.25, 0.3) is 0 Å². The summed E-state index contributed by atoms with van der Waals surface area (Å²) in [5, 5.41) is 8.94. The third-order valence-electron chi connectivity index (χ3n) is 2.75. The summed E-state index contributed by atoms with van der Waals surface area (Å²) in [7, 11) is 0. The van der Waals surface area contributed by atoms with Crippen LogP contribution in [0, 0.1) is 6.92 Å². The standard InChI is InChI=1S/C11H12O2/c1-7-5-6-10(11(12)13)9-4-2-3-8(7)9/h5-6H,2-4H2,1H3,(H,12,13). The summed E-state index contributed by atoms with van der Waals surface area (Å²) in [6.07, 6.45) is 3.07. The van der Waals surface area contributed by atoms with Crippen molar-refractivity contribution >= 4 is 5.97 Å². The van der Waals surface area contributed by atoms with E-state index in [1.165, 1.54) is 11.1 Å². The molecule has 0 amide bonds. The zero-order chi connectivity index (χ0) is 9.42. The fraction of sp³-hybridized carbons (Fsp3) is 0.364. The van der Waals surface area contributed by atoms with Gasteiger partial charge < -0.3 is 5.11 Å². The van der Waals surface area contributed by atoms with E-state index in [4.69, 9.17) is 5.11 Å². The number of fused-ring (bicyclic) bond motifs is 1. The molecular formula is C11H12O2. The van der Waals surface area contributed by atoms with Gasteiger partial charge in [0, 0.05) is 0 Å². The molecule has 1 aromatic rings. The molecule has 0 unspecified atom stereocenters. The van der Waals surface area contributed by atoms with Gasteiger partial charge in [0.05, 0.1) is 5.56 Å². The van der Waals surface area contributed by atoms with Gasteiger partial charge in [-0.05, 0) is 48.9 Å². The van der Waals surface area contributed by atoms with Gasteiger partial charge in [-0.3, -0.25) is 0 Å². The highest BCUT2D eigenvalue weighted by atomic mass is 16.4. The van der Waals surface area contributed by atoms with E-state index in [2.05, 4.69) is 6.92 Å². The second kappa shape index (κ2) is 2.87. The average molecular weight is 176 g/mol.